The Kier molecular flexibility index (Phi) is 6.18. The number of aromatic nitrogens is 2. The minimum Gasteiger partial charge on any atom is -0.347 e. The Bertz CT molecular complexity index is 883. The van der Waals surface area contributed by atoms with E-state index in [1.165, 1.54) is 27.7 Å². The van der Waals surface area contributed by atoms with E-state index in [9.17, 15) is 14.4 Å². The molecule has 0 saturated heterocycles. The topological polar surface area (TPSA) is 72.3 Å². The molecule has 2 aromatic rings. The second-order valence-corrected chi connectivity index (χ2v) is 7.91. The highest BCUT2D eigenvalue weighted by Crippen LogP contribution is 2.28. The zero-order valence-electron chi connectivity index (χ0n) is 14.7. The summed E-state index contributed by atoms with van der Waals surface area (Å²) in [6, 6.07) is 1.86. The van der Waals surface area contributed by atoms with Gasteiger partial charge in [0.25, 0.3) is 5.56 Å². The number of hydrogen-bond acceptors (Lipinski definition) is 6. The molecule has 0 unspecified atom stereocenters. The number of rotatable bonds is 7. The summed E-state index contributed by atoms with van der Waals surface area (Å²) in [6.45, 7) is 7.33. The smallest absolute Gasteiger partial charge is 0.263 e. The van der Waals surface area contributed by atoms with Crippen LogP contribution in [0.3, 0.4) is 0 Å². The number of Topliss-reactive ketones (excluding diaryl/α,β-unsaturated/α-hetero) is 1. The Hall–Kier alpha value is -1.93. The molecule has 2 rings (SSSR count). The van der Waals surface area contributed by atoms with Crippen LogP contribution in [0.2, 0.25) is 0 Å². The first kappa shape index (κ1) is 19.4. The molecule has 0 aliphatic carbocycles. The van der Waals surface area contributed by atoms with E-state index in [-0.39, 0.29) is 23.8 Å². The number of nitrogens with zero attached hydrogens (tertiary/aromatic N) is 3. The van der Waals surface area contributed by atoms with Crippen LogP contribution in [0.5, 0.6) is 0 Å². The van der Waals surface area contributed by atoms with E-state index >= 15 is 0 Å². The fourth-order valence-corrected chi connectivity index (χ4v) is 4.38. The molecule has 6 nitrogen and oxygen atoms in total. The van der Waals surface area contributed by atoms with Crippen molar-refractivity contribution < 1.29 is 9.59 Å². The van der Waals surface area contributed by atoms with Gasteiger partial charge in [-0.05, 0) is 19.4 Å². The van der Waals surface area contributed by atoms with Crippen molar-refractivity contribution in [1.29, 1.82) is 0 Å². The van der Waals surface area contributed by atoms with Crippen molar-refractivity contribution in [3.8, 4) is 0 Å². The molecule has 0 radical (unpaired) electrons. The number of hydrogen-bond donors (Lipinski definition) is 0. The maximum absolute atomic E-state index is 12.8. The summed E-state index contributed by atoms with van der Waals surface area (Å²) in [5, 5.41) is -0.00955. The van der Waals surface area contributed by atoms with Gasteiger partial charge in [0.05, 0.1) is 5.39 Å². The van der Waals surface area contributed by atoms with E-state index in [4.69, 9.17) is 0 Å². The second kappa shape index (κ2) is 7.97. The fourth-order valence-electron chi connectivity index (χ4n) is 2.25. The van der Waals surface area contributed by atoms with Gasteiger partial charge < -0.3 is 4.90 Å². The molecule has 2 aromatic heterocycles. The van der Waals surface area contributed by atoms with Crippen LogP contribution in [-0.2, 0) is 22.6 Å². The number of ketones is 1. The monoisotopic (exact) mass is 379 g/mol. The van der Waals surface area contributed by atoms with Gasteiger partial charge in [-0.15, -0.1) is 17.9 Å². The predicted octanol–water partition coefficient (Wildman–Crippen LogP) is 2.34. The molecule has 8 heteroatoms. The van der Waals surface area contributed by atoms with Gasteiger partial charge in [0.1, 0.15) is 10.1 Å². The number of thiophene rings is 1. The van der Waals surface area contributed by atoms with E-state index in [0.717, 1.165) is 23.1 Å². The molecule has 0 aliphatic heterocycles. The highest BCUT2D eigenvalue weighted by atomic mass is 32.2. The summed E-state index contributed by atoms with van der Waals surface area (Å²) in [5.74, 6) is -0.596. The first-order valence-electron chi connectivity index (χ1n) is 7.82. The van der Waals surface area contributed by atoms with Gasteiger partial charge in [-0.3, -0.25) is 19.0 Å². The third-order valence-electron chi connectivity index (χ3n) is 3.58. The Balaban J connectivity index is 2.59. The Morgan fingerprint density at radius 1 is 1.48 bits per heavy atom. The number of carbonyl (C=O) groups excluding carboxylic acids is 2. The summed E-state index contributed by atoms with van der Waals surface area (Å²) >= 11 is 2.47. The summed E-state index contributed by atoms with van der Waals surface area (Å²) < 4.78 is 1.46. The highest BCUT2D eigenvalue weighted by Gasteiger charge is 2.28. The van der Waals surface area contributed by atoms with Crippen molar-refractivity contribution >= 4 is 45.0 Å². The maximum Gasteiger partial charge on any atom is 0.263 e. The molecule has 0 spiro atoms. The van der Waals surface area contributed by atoms with Crippen LogP contribution >= 0.6 is 23.1 Å². The van der Waals surface area contributed by atoms with Crippen LogP contribution in [0.25, 0.3) is 10.2 Å². The molecule has 0 aliphatic rings. The lowest BCUT2D eigenvalue weighted by Crippen LogP contribution is -2.36. The average molecular weight is 380 g/mol. The molecule has 0 aromatic carbocycles. The third kappa shape index (κ3) is 4.01. The van der Waals surface area contributed by atoms with Crippen molar-refractivity contribution in [2.75, 3.05) is 14.1 Å². The van der Waals surface area contributed by atoms with Gasteiger partial charge in [0.15, 0.2) is 10.9 Å². The summed E-state index contributed by atoms with van der Waals surface area (Å²) in [4.78, 5) is 44.7. The number of amides is 1. The Labute approximate surface area is 154 Å². The SMILES string of the molecule is C=CCn1c(S[C@@H](C(C)=O)C(=O)N(C)C)nc2sc(CC)cc2c1=O. The van der Waals surface area contributed by atoms with Gasteiger partial charge >= 0.3 is 0 Å². The summed E-state index contributed by atoms with van der Waals surface area (Å²) in [7, 11) is 3.19. The largest absolute Gasteiger partial charge is 0.347 e. The quantitative estimate of drug-likeness (QED) is 0.320. The minimum absolute atomic E-state index is 0.178. The molecule has 134 valence electrons. The first-order valence-corrected chi connectivity index (χ1v) is 9.52. The standard InChI is InChI=1S/C17H21N3O3S2/c1-6-8-20-15(22)12-9-11(7-2)24-14(12)18-17(20)25-13(10(3)21)16(23)19(4)5/h6,9,13H,1,7-8H2,2-5H3/t13-/m0/s1. The molecule has 0 N–H and O–H groups in total. The molecule has 0 saturated carbocycles. The number of fused-ring (bicyclic) bond motifs is 1. The lowest BCUT2D eigenvalue weighted by molar-refractivity contribution is -0.132. The molecule has 25 heavy (non-hydrogen) atoms. The van der Waals surface area contributed by atoms with Crippen LogP contribution in [-0.4, -0.2) is 45.5 Å². The van der Waals surface area contributed by atoms with Gasteiger partial charge in [0, 0.05) is 25.5 Å². The first-order chi connectivity index (χ1) is 11.8. The van der Waals surface area contributed by atoms with Crippen LogP contribution in [0.1, 0.15) is 18.7 Å². The Morgan fingerprint density at radius 2 is 2.16 bits per heavy atom. The van der Waals surface area contributed by atoms with Crippen molar-refractivity contribution in [1.82, 2.24) is 14.5 Å². The molecule has 1 amide bonds. The average Bonchev–Trinajstić information content (AvgIpc) is 2.98. The van der Waals surface area contributed by atoms with Crippen molar-refractivity contribution in [3.05, 3.63) is 34.0 Å². The zero-order chi connectivity index (χ0) is 18.7. The van der Waals surface area contributed by atoms with Crippen molar-refractivity contribution in [3.63, 3.8) is 0 Å². The molecule has 2 heterocycles. The molecule has 1 atom stereocenters. The van der Waals surface area contributed by atoms with Gasteiger partial charge in [-0.2, -0.15) is 0 Å². The van der Waals surface area contributed by atoms with Gasteiger partial charge in [0.2, 0.25) is 5.91 Å². The number of allylic oxidation sites excluding steroid dienone is 1. The maximum atomic E-state index is 12.8. The van der Waals surface area contributed by atoms with E-state index in [2.05, 4.69) is 11.6 Å². The van der Waals surface area contributed by atoms with Gasteiger partial charge in [-0.1, -0.05) is 24.8 Å². The minimum atomic E-state index is -0.930. The summed E-state index contributed by atoms with van der Waals surface area (Å²) in [5.41, 5.74) is -0.178. The molecule has 0 bridgehead atoms. The Morgan fingerprint density at radius 3 is 2.68 bits per heavy atom. The van der Waals surface area contributed by atoms with E-state index < -0.39 is 5.25 Å². The number of aryl methyl sites for hydroxylation is 1. The third-order valence-corrected chi connectivity index (χ3v) is 6.05. The predicted molar refractivity (Wildman–Crippen MR) is 102 cm³/mol. The van der Waals surface area contributed by atoms with E-state index in [0.29, 0.717) is 15.4 Å². The molecular formula is C17H21N3O3S2. The molecule has 0 fully saturated rings. The van der Waals surface area contributed by atoms with E-state index in [1.54, 1.807) is 20.2 Å². The van der Waals surface area contributed by atoms with Crippen LogP contribution < -0.4 is 5.56 Å². The lowest BCUT2D eigenvalue weighted by Gasteiger charge is -2.19. The second-order valence-electron chi connectivity index (χ2n) is 5.73. The van der Waals surface area contributed by atoms with Crippen LogP contribution in [0.15, 0.2) is 28.7 Å². The molecular weight excluding hydrogens is 358 g/mol. The highest BCUT2D eigenvalue weighted by molar-refractivity contribution is 8.01. The normalized spacial score (nSPS) is 12.2. The summed E-state index contributed by atoms with van der Waals surface area (Å²) in [6.07, 6.45) is 2.42. The van der Waals surface area contributed by atoms with Crippen molar-refractivity contribution in [2.24, 2.45) is 0 Å². The van der Waals surface area contributed by atoms with E-state index in [1.807, 2.05) is 13.0 Å². The van der Waals surface area contributed by atoms with Crippen LogP contribution in [0.4, 0.5) is 0 Å². The zero-order valence-corrected chi connectivity index (χ0v) is 16.4. The van der Waals surface area contributed by atoms with Crippen molar-refractivity contribution in [2.45, 2.75) is 37.2 Å². The number of thioether (sulfide) groups is 1. The lowest BCUT2D eigenvalue weighted by atomic mass is 10.3. The fraction of sp³-hybridized carbons (Fsp3) is 0.412. The van der Waals surface area contributed by atoms with Crippen LogP contribution in [0, 0.1) is 0 Å². The number of carbonyl (C=O) groups is 2. The van der Waals surface area contributed by atoms with Gasteiger partial charge in [-0.25, -0.2) is 4.98 Å².